The predicted molar refractivity (Wildman–Crippen MR) is 96.1 cm³/mol. The van der Waals surface area contributed by atoms with E-state index in [9.17, 15) is 5.11 Å². The topological polar surface area (TPSA) is 50.5 Å². The van der Waals surface area contributed by atoms with Crippen molar-refractivity contribution < 1.29 is 9.84 Å². The zero-order chi connectivity index (χ0) is 17.1. The second kappa shape index (κ2) is 7.68. The molecular formula is C20H27N3O2. The lowest BCUT2D eigenvalue weighted by atomic mass is 9.89. The highest BCUT2D eigenvalue weighted by Gasteiger charge is 2.37. The number of hydrogen-bond donors (Lipinski definition) is 1. The normalized spacial score (nSPS) is 27.6. The van der Waals surface area contributed by atoms with Crippen LogP contribution in [0.15, 0.2) is 42.7 Å². The van der Waals surface area contributed by atoms with Gasteiger partial charge in [-0.2, -0.15) is 5.10 Å². The summed E-state index contributed by atoms with van der Waals surface area (Å²) in [5.41, 5.74) is 2.51. The lowest BCUT2D eigenvalue weighted by Gasteiger charge is -2.36. The van der Waals surface area contributed by atoms with E-state index < -0.39 is 0 Å². The van der Waals surface area contributed by atoms with Gasteiger partial charge in [0.05, 0.1) is 25.5 Å². The van der Waals surface area contributed by atoms with Gasteiger partial charge in [0, 0.05) is 36.9 Å². The van der Waals surface area contributed by atoms with Crippen LogP contribution in [0.3, 0.4) is 0 Å². The molecule has 5 heteroatoms. The molecule has 0 unspecified atom stereocenters. The summed E-state index contributed by atoms with van der Waals surface area (Å²) >= 11 is 0. The fraction of sp³-hybridized carbons (Fsp3) is 0.550. The molecule has 2 fully saturated rings. The molecule has 0 saturated carbocycles. The van der Waals surface area contributed by atoms with Crippen molar-refractivity contribution in [2.75, 3.05) is 19.8 Å². The Balaban J connectivity index is 1.39. The Morgan fingerprint density at radius 2 is 2.00 bits per heavy atom. The second-order valence-corrected chi connectivity index (χ2v) is 7.31. The van der Waals surface area contributed by atoms with Gasteiger partial charge >= 0.3 is 0 Å². The summed E-state index contributed by atoms with van der Waals surface area (Å²) in [5, 5.41) is 14.9. The SMILES string of the molecule is O[C@@H]1CCOC[C@H]1[C@H]1CCCN1Cc1cnn(Cc2ccccc2)c1. The summed E-state index contributed by atoms with van der Waals surface area (Å²) in [6.07, 6.45) is 7.03. The lowest BCUT2D eigenvalue weighted by molar-refractivity contribution is -0.0636. The van der Waals surface area contributed by atoms with Gasteiger partial charge < -0.3 is 9.84 Å². The van der Waals surface area contributed by atoms with Crippen molar-refractivity contribution in [3.8, 4) is 0 Å². The van der Waals surface area contributed by atoms with E-state index in [1.165, 1.54) is 17.5 Å². The molecule has 0 aliphatic carbocycles. The average Bonchev–Trinajstić information content (AvgIpc) is 3.26. The highest BCUT2D eigenvalue weighted by atomic mass is 16.5. The smallest absolute Gasteiger partial charge is 0.0659 e. The minimum Gasteiger partial charge on any atom is -0.393 e. The van der Waals surface area contributed by atoms with E-state index in [0.717, 1.165) is 32.5 Å². The molecule has 0 radical (unpaired) electrons. The van der Waals surface area contributed by atoms with Gasteiger partial charge in [-0.05, 0) is 31.4 Å². The molecule has 4 rings (SSSR count). The molecule has 3 atom stereocenters. The van der Waals surface area contributed by atoms with E-state index in [-0.39, 0.29) is 12.0 Å². The van der Waals surface area contributed by atoms with Crippen molar-refractivity contribution in [3.63, 3.8) is 0 Å². The number of likely N-dealkylation sites (tertiary alicyclic amines) is 1. The number of nitrogens with zero attached hydrogens (tertiary/aromatic N) is 3. The number of aromatic nitrogens is 2. The molecule has 1 aromatic carbocycles. The Labute approximate surface area is 149 Å². The second-order valence-electron chi connectivity index (χ2n) is 7.31. The van der Waals surface area contributed by atoms with Gasteiger partial charge in [-0.25, -0.2) is 0 Å². The maximum absolute atomic E-state index is 10.4. The van der Waals surface area contributed by atoms with E-state index in [1.807, 2.05) is 16.9 Å². The molecule has 0 amide bonds. The Morgan fingerprint density at radius 3 is 2.84 bits per heavy atom. The number of ether oxygens (including phenoxy) is 1. The molecule has 2 aliphatic heterocycles. The average molecular weight is 341 g/mol. The van der Waals surface area contributed by atoms with Crippen molar-refractivity contribution in [2.24, 2.45) is 5.92 Å². The van der Waals surface area contributed by atoms with E-state index in [0.29, 0.717) is 19.3 Å². The van der Waals surface area contributed by atoms with Gasteiger partial charge in [-0.15, -0.1) is 0 Å². The van der Waals surface area contributed by atoms with E-state index in [1.54, 1.807) is 0 Å². The highest BCUT2D eigenvalue weighted by Crippen LogP contribution is 2.30. The largest absolute Gasteiger partial charge is 0.393 e. The highest BCUT2D eigenvalue weighted by molar-refractivity contribution is 5.15. The molecular weight excluding hydrogens is 314 g/mol. The van der Waals surface area contributed by atoms with Crippen molar-refractivity contribution in [1.29, 1.82) is 0 Å². The van der Waals surface area contributed by atoms with Crippen LogP contribution in [0.5, 0.6) is 0 Å². The summed E-state index contributed by atoms with van der Waals surface area (Å²) in [5.74, 6) is 0.246. The molecule has 0 bridgehead atoms. The fourth-order valence-corrected chi connectivity index (χ4v) is 4.23. The Kier molecular flexibility index (Phi) is 5.15. The van der Waals surface area contributed by atoms with E-state index in [2.05, 4.69) is 40.5 Å². The van der Waals surface area contributed by atoms with Gasteiger partial charge in [-0.1, -0.05) is 30.3 Å². The minimum atomic E-state index is -0.222. The first-order chi connectivity index (χ1) is 12.3. The van der Waals surface area contributed by atoms with Crippen LogP contribution in [0.1, 0.15) is 30.4 Å². The number of rotatable bonds is 5. The molecule has 1 aromatic heterocycles. The van der Waals surface area contributed by atoms with Gasteiger partial charge in [0.25, 0.3) is 0 Å². The molecule has 5 nitrogen and oxygen atoms in total. The van der Waals surface area contributed by atoms with Gasteiger partial charge in [-0.3, -0.25) is 9.58 Å². The first kappa shape index (κ1) is 16.8. The van der Waals surface area contributed by atoms with Gasteiger partial charge in [0.2, 0.25) is 0 Å². The van der Waals surface area contributed by atoms with E-state index >= 15 is 0 Å². The molecule has 134 valence electrons. The number of aliphatic hydroxyl groups is 1. The first-order valence-electron chi connectivity index (χ1n) is 9.35. The Bertz CT molecular complexity index is 673. The summed E-state index contributed by atoms with van der Waals surface area (Å²) in [4.78, 5) is 2.51. The number of aliphatic hydroxyl groups excluding tert-OH is 1. The van der Waals surface area contributed by atoms with Crippen molar-refractivity contribution >= 4 is 0 Å². The quantitative estimate of drug-likeness (QED) is 0.907. The first-order valence-corrected chi connectivity index (χ1v) is 9.35. The van der Waals surface area contributed by atoms with Gasteiger partial charge in [0.15, 0.2) is 0 Å². The number of benzene rings is 1. The maximum atomic E-state index is 10.4. The molecule has 0 spiro atoms. The van der Waals surface area contributed by atoms with Crippen LogP contribution in [-0.2, 0) is 17.8 Å². The fourth-order valence-electron chi connectivity index (χ4n) is 4.23. The minimum absolute atomic E-state index is 0.222. The standard InChI is InChI=1S/C20H27N3O2/c24-20-8-10-25-15-18(20)19-7-4-9-22(19)12-17-11-21-23(14-17)13-16-5-2-1-3-6-16/h1-3,5-6,11,14,18-20,24H,4,7-10,12-13,15H2/t18-,19+,20+/m0/s1. The predicted octanol–water partition coefficient (Wildman–Crippen LogP) is 2.29. The van der Waals surface area contributed by atoms with Crippen LogP contribution in [0.4, 0.5) is 0 Å². The lowest BCUT2D eigenvalue weighted by Crippen LogP contribution is -2.45. The zero-order valence-electron chi connectivity index (χ0n) is 14.6. The molecule has 2 aromatic rings. The van der Waals surface area contributed by atoms with Crippen molar-refractivity contribution in [1.82, 2.24) is 14.7 Å². The summed E-state index contributed by atoms with van der Waals surface area (Å²) in [7, 11) is 0. The van der Waals surface area contributed by atoms with Crippen LogP contribution in [-0.4, -0.2) is 51.7 Å². The Hall–Kier alpha value is -1.69. The monoisotopic (exact) mass is 341 g/mol. The number of hydrogen-bond acceptors (Lipinski definition) is 4. The maximum Gasteiger partial charge on any atom is 0.0659 e. The molecule has 3 heterocycles. The van der Waals surface area contributed by atoms with Gasteiger partial charge in [0.1, 0.15) is 0 Å². The molecule has 1 N–H and O–H groups in total. The summed E-state index contributed by atoms with van der Waals surface area (Å²) in [6.45, 7) is 4.19. The summed E-state index contributed by atoms with van der Waals surface area (Å²) in [6, 6.07) is 10.8. The molecule has 25 heavy (non-hydrogen) atoms. The van der Waals surface area contributed by atoms with Crippen LogP contribution in [0.25, 0.3) is 0 Å². The Morgan fingerprint density at radius 1 is 1.12 bits per heavy atom. The van der Waals surface area contributed by atoms with E-state index in [4.69, 9.17) is 4.74 Å². The third kappa shape index (κ3) is 3.94. The third-order valence-electron chi connectivity index (χ3n) is 5.53. The van der Waals surface area contributed by atoms with Crippen molar-refractivity contribution in [3.05, 3.63) is 53.9 Å². The molecule has 2 aliphatic rings. The van der Waals surface area contributed by atoms with Crippen LogP contribution in [0.2, 0.25) is 0 Å². The third-order valence-corrected chi connectivity index (χ3v) is 5.53. The van der Waals surface area contributed by atoms with Crippen LogP contribution >= 0.6 is 0 Å². The molecule has 2 saturated heterocycles. The van der Waals surface area contributed by atoms with Crippen LogP contribution in [0, 0.1) is 5.92 Å². The zero-order valence-corrected chi connectivity index (χ0v) is 14.6. The van der Waals surface area contributed by atoms with Crippen molar-refractivity contribution in [2.45, 2.75) is 44.5 Å². The summed E-state index contributed by atoms with van der Waals surface area (Å²) < 4.78 is 7.64. The van der Waals surface area contributed by atoms with Crippen LogP contribution < -0.4 is 0 Å².